The molecule has 1 rings (SSSR count). The van der Waals surface area contributed by atoms with Gasteiger partial charge in [-0.15, -0.1) is 0 Å². The van der Waals surface area contributed by atoms with Crippen LogP contribution in [0.25, 0.3) is 0 Å². The van der Waals surface area contributed by atoms with Crippen molar-refractivity contribution in [1.82, 2.24) is 0 Å². The zero-order valence-electron chi connectivity index (χ0n) is 7.46. The third kappa shape index (κ3) is 3.10. The summed E-state index contributed by atoms with van der Waals surface area (Å²) in [6.07, 6.45) is 0.276. The summed E-state index contributed by atoms with van der Waals surface area (Å²) in [4.78, 5) is 11.2. The molecule has 0 aliphatic carbocycles. The molecule has 0 fully saturated rings. The summed E-state index contributed by atoms with van der Waals surface area (Å²) in [6.45, 7) is 0. The number of carbonyl (C=O) groups is 1. The quantitative estimate of drug-likeness (QED) is 0.866. The van der Waals surface area contributed by atoms with Crippen LogP contribution in [0.3, 0.4) is 0 Å². The lowest BCUT2D eigenvalue weighted by molar-refractivity contribution is -0.115. The number of halogens is 2. The molecule has 0 spiro atoms. The lowest BCUT2D eigenvalue weighted by Crippen LogP contribution is -2.03. The molecule has 2 nitrogen and oxygen atoms in total. The molecule has 0 bridgehead atoms. The van der Waals surface area contributed by atoms with Gasteiger partial charge in [0.15, 0.2) is 0 Å². The predicted octanol–water partition coefficient (Wildman–Crippen LogP) is 2.79. The number of hydrogen-bond acceptors (Lipinski definition) is 2. The van der Waals surface area contributed by atoms with Crippen molar-refractivity contribution in [2.24, 2.45) is 0 Å². The second-order valence-electron chi connectivity index (χ2n) is 2.95. The Morgan fingerprint density at radius 3 is 2.64 bits per heavy atom. The first-order valence-corrected chi connectivity index (χ1v) is 6.36. The molecule has 0 aliphatic rings. The Balaban J connectivity index is 2.89. The SMILES string of the molecule is O=C(CBr)Cc1cc(CBr)ccc1O. The van der Waals surface area contributed by atoms with Gasteiger partial charge in [-0.3, -0.25) is 4.79 Å². The van der Waals surface area contributed by atoms with Crippen LogP contribution in [-0.4, -0.2) is 16.2 Å². The van der Waals surface area contributed by atoms with E-state index >= 15 is 0 Å². The summed E-state index contributed by atoms with van der Waals surface area (Å²) in [5, 5.41) is 10.5. The standard InChI is InChI=1S/C10H10Br2O2/c11-5-7-1-2-10(14)8(3-7)4-9(13)6-12/h1-3,14H,4-6H2. The number of ketones is 1. The van der Waals surface area contributed by atoms with Crippen molar-refractivity contribution in [2.75, 3.05) is 5.33 Å². The minimum absolute atomic E-state index is 0.0621. The molecule has 0 atom stereocenters. The molecule has 0 saturated heterocycles. The molecule has 4 heteroatoms. The molecule has 0 aliphatic heterocycles. The van der Waals surface area contributed by atoms with E-state index in [0.717, 1.165) is 10.9 Å². The summed E-state index contributed by atoms with van der Waals surface area (Å²) < 4.78 is 0. The Labute approximate surface area is 99.6 Å². The van der Waals surface area contributed by atoms with Gasteiger partial charge < -0.3 is 5.11 Å². The molecule has 0 saturated carbocycles. The van der Waals surface area contributed by atoms with Crippen molar-refractivity contribution >= 4 is 37.6 Å². The number of alkyl halides is 2. The zero-order valence-corrected chi connectivity index (χ0v) is 10.6. The summed E-state index contributed by atoms with van der Waals surface area (Å²) in [7, 11) is 0. The highest BCUT2D eigenvalue weighted by atomic mass is 79.9. The van der Waals surface area contributed by atoms with Gasteiger partial charge in [0.05, 0.1) is 5.33 Å². The largest absolute Gasteiger partial charge is 0.508 e. The van der Waals surface area contributed by atoms with Gasteiger partial charge >= 0.3 is 0 Å². The summed E-state index contributed by atoms with van der Waals surface area (Å²) in [6, 6.07) is 5.28. The summed E-state index contributed by atoms with van der Waals surface area (Å²) in [5.41, 5.74) is 1.74. The van der Waals surface area contributed by atoms with Gasteiger partial charge in [-0.2, -0.15) is 0 Å². The number of aromatic hydroxyl groups is 1. The first-order chi connectivity index (χ1) is 6.67. The van der Waals surface area contributed by atoms with Gasteiger partial charge in [0.1, 0.15) is 11.5 Å². The first kappa shape index (κ1) is 11.7. The molecule has 1 aromatic rings. The van der Waals surface area contributed by atoms with E-state index in [1.54, 1.807) is 6.07 Å². The van der Waals surface area contributed by atoms with Crippen molar-refractivity contribution in [1.29, 1.82) is 0 Å². The van der Waals surface area contributed by atoms with Crippen LogP contribution in [0.4, 0.5) is 0 Å². The van der Waals surface area contributed by atoms with Gasteiger partial charge in [-0.25, -0.2) is 0 Å². The predicted molar refractivity (Wildman–Crippen MR) is 63.2 cm³/mol. The average molecular weight is 322 g/mol. The topological polar surface area (TPSA) is 37.3 Å². The number of phenols is 1. The summed E-state index contributed by atoms with van der Waals surface area (Å²) >= 11 is 6.42. The van der Waals surface area contributed by atoms with E-state index < -0.39 is 0 Å². The number of hydrogen-bond donors (Lipinski definition) is 1. The van der Waals surface area contributed by atoms with Crippen molar-refractivity contribution < 1.29 is 9.90 Å². The van der Waals surface area contributed by atoms with Crippen LogP contribution in [0.2, 0.25) is 0 Å². The molecular formula is C10H10Br2O2. The van der Waals surface area contributed by atoms with Crippen LogP contribution < -0.4 is 0 Å². The Kier molecular flexibility index (Phi) is 4.62. The number of phenolic OH excluding ortho intramolecular Hbond substituents is 1. The van der Waals surface area contributed by atoms with Crippen molar-refractivity contribution in [3.63, 3.8) is 0 Å². The second-order valence-corrected chi connectivity index (χ2v) is 4.07. The van der Waals surface area contributed by atoms with Crippen LogP contribution in [-0.2, 0) is 16.5 Å². The van der Waals surface area contributed by atoms with Crippen LogP contribution >= 0.6 is 31.9 Å². The van der Waals surface area contributed by atoms with E-state index in [9.17, 15) is 9.90 Å². The fourth-order valence-electron chi connectivity index (χ4n) is 1.12. The lowest BCUT2D eigenvalue weighted by Gasteiger charge is -2.04. The third-order valence-corrected chi connectivity index (χ3v) is 3.11. The third-order valence-electron chi connectivity index (χ3n) is 1.83. The molecule has 1 N–H and O–H groups in total. The van der Waals surface area contributed by atoms with E-state index in [4.69, 9.17) is 0 Å². The van der Waals surface area contributed by atoms with Gasteiger partial charge in [0, 0.05) is 17.3 Å². The van der Waals surface area contributed by atoms with E-state index in [1.165, 1.54) is 0 Å². The normalized spacial score (nSPS) is 10.1. The monoisotopic (exact) mass is 320 g/mol. The van der Waals surface area contributed by atoms with Crippen molar-refractivity contribution in [2.45, 2.75) is 11.8 Å². The minimum atomic E-state index is 0.0621. The van der Waals surface area contributed by atoms with Crippen molar-refractivity contribution in [3.8, 4) is 5.75 Å². The number of carbonyl (C=O) groups excluding carboxylic acids is 1. The van der Waals surface area contributed by atoms with Crippen molar-refractivity contribution in [3.05, 3.63) is 29.3 Å². The maximum Gasteiger partial charge on any atom is 0.147 e. The molecule has 76 valence electrons. The molecule has 0 aromatic heterocycles. The molecular weight excluding hydrogens is 312 g/mol. The molecule has 0 unspecified atom stereocenters. The lowest BCUT2D eigenvalue weighted by atomic mass is 10.1. The van der Waals surface area contributed by atoms with Gasteiger partial charge in [0.25, 0.3) is 0 Å². The maximum atomic E-state index is 11.2. The number of rotatable bonds is 4. The zero-order chi connectivity index (χ0) is 10.6. The molecule has 14 heavy (non-hydrogen) atoms. The van der Waals surface area contributed by atoms with Crippen LogP contribution in [0.5, 0.6) is 5.75 Å². The maximum absolute atomic E-state index is 11.2. The minimum Gasteiger partial charge on any atom is -0.508 e. The highest BCUT2D eigenvalue weighted by molar-refractivity contribution is 9.09. The number of Topliss-reactive ketones (excluding diaryl/α,β-unsaturated/α-hetero) is 1. The second kappa shape index (κ2) is 5.51. The fourth-order valence-corrected chi connectivity index (χ4v) is 1.67. The Hall–Kier alpha value is -0.350. The highest BCUT2D eigenvalue weighted by Crippen LogP contribution is 2.20. The highest BCUT2D eigenvalue weighted by Gasteiger charge is 2.07. The number of benzene rings is 1. The molecule has 1 aromatic carbocycles. The van der Waals surface area contributed by atoms with E-state index in [-0.39, 0.29) is 18.0 Å². The fraction of sp³-hybridized carbons (Fsp3) is 0.300. The van der Waals surface area contributed by atoms with Gasteiger partial charge in [-0.05, 0) is 11.6 Å². The van der Waals surface area contributed by atoms with E-state index in [1.807, 2.05) is 12.1 Å². The average Bonchev–Trinajstić information content (AvgIpc) is 2.21. The van der Waals surface area contributed by atoms with Gasteiger partial charge in [-0.1, -0.05) is 44.0 Å². The molecule has 0 radical (unpaired) electrons. The Bertz CT molecular complexity index is 337. The van der Waals surface area contributed by atoms with Crippen LogP contribution in [0, 0.1) is 0 Å². The first-order valence-electron chi connectivity index (χ1n) is 4.11. The molecule has 0 heterocycles. The van der Waals surface area contributed by atoms with Crippen LogP contribution in [0.1, 0.15) is 11.1 Å². The molecule has 0 amide bonds. The van der Waals surface area contributed by atoms with Crippen LogP contribution in [0.15, 0.2) is 18.2 Å². The Morgan fingerprint density at radius 1 is 1.36 bits per heavy atom. The smallest absolute Gasteiger partial charge is 0.147 e. The van der Waals surface area contributed by atoms with E-state index in [2.05, 4.69) is 31.9 Å². The Morgan fingerprint density at radius 2 is 2.07 bits per heavy atom. The van der Waals surface area contributed by atoms with Gasteiger partial charge in [0.2, 0.25) is 0 Å². The summed E-state index contributed by atoms with van der Waals surface area (Å²) in [5.74, 6) is 0.246. The van der Waals surface area contributed by atoms with E-state index in [0.29, 0.717) is 10.9 Å².